The molecule has 0 aliphatic carbocycles. The molecule has 7 heteroatoms. The molecule has 0 fully saturated rings. The topological polar surface area (TPSA) is 43.8 Å². The number of hydrogen-bond acceptors (Lipinski definition) is 2. The van der Waals surface area contributed by atoms with Crippen molar-refractivity contribution in [3.8, 4) is 5.69 Å². The van der Waals surface area contributed by atoms with Gasteiger partial charge in [0.1, 0.15) is 4.99 Å². The van der Waals surface area contributed by atoms with Crippen LogP contribution in [0.5, 0.6) is 0 Å². The van der Waals surface area contributed by atoms with E-state index < -0.39 is 11.7 Å². The second-order valence-corrected chi connectivity index (χ2v) is 5.37. The van der Waals surface area contributed by atoms with Crippen LogP contribution >= 0.6 is 12.2 Å². The Labute approximate surface area is 125 Å². The maximum Gasteiger partial charge on any atom is 0.417 e. The van der Waals surface area contributed by atoms with Crippen LogP contribution in [0.3, 0.4) is 0 Å². The highest BCUT2D eigenvalue weighted by atomic mass is 32.1. The minimum absolute atomic E-state index is 0.183. The number of hydrogen-bond donors (Lipinski definition) is 1. The average molecular weight is 313 g/mol. The summed E-state index contributed by atoms with van der Waals surface area (Å²) in [6.07, 6.45) is -2.89. The van der Waals surface area contributed by atoms with E-state index in [1.165, 1.54) is 16.8 Å². The van der Waals surface area contributed by atoms with Crippen molar-refractivity contribution in [2.45, 2.75) is 25.9 Å². The van der Waals surface area contributed by atoms with Crippen molar-refractivity contribution in [1.82, 2.24) is 9.78 Å². The number of nitrogens with two attached hydrogens (primary N) is 1. The molecule has 0 spiro atoms. The van der Waals surface area contributed by atoms with Crippen LogP contribution in [0.2, 0.25) is 0 Å². The zero-order valence-corrected chi connectivity index (χ0v) is 12.3. The Hall–Kier alpha value is -1.89. The molecule has 1 aromatic heterocycles. The van der Waals surface area contributed by atoms with Gasteiger partial charge in [0.15, 0.2) is 0 Å². The fourth-order valence-corrected chi connectivity index (χ4v) is 2.09. The first-order chi connectivity index (χ1) is 9.70. The minimum Gasteiger partial charge on any atom is -0.389 e. The first-order valence-corrected chi connectivity index (χ1v) is 6.68. The summed E-state index contributed by atoms with van der Waals surface area (Å²) in [4.78, 5) is -0.280. The number of alkyl halides is 3. The predicted molar refractivity (Wildman–Crippen MR) is 78.5 cm³/mol. The molecule has 0 unspecified atom stereocenters. The van der Waals surface area contributed by atoms with Crippen molar-refractivity contribution >= 4 is 17.2 Å². The molecule has 0 atom stereocenters. The predicted octanol–water partition coefficient (Wildman–Crippen LogP) is 3.65. The Bertz CT molecular complexity index is 674. The number of aromatic nitrogens is 2. The van der Waals surface area contributed by atoms with Gasteiger partial charge in [0.2, 0.25) is 0 Å². The van der Waals surface area contributed by atoms with Gasteiger partial charge in [-0.2, -0.15) is 18.3 Å². The van der Waals surface area contributed by atoms with E-state index in [-0.39, 0.29) is 16.5 Å². The van der Waals surface area contributed by atoms with Gasteiger partial charge in [-0.15, -0.1) is 0 Å². The van der Waals surface area contributed by atoms with Gasteiger partial charge >= 0.3 is 6.18 Å². The molecule has 21 heavy (non-hydrogen) atoms. The van der Waals surface area contributed by atoms with Gasteiger partial charge in [-0.05, 0) is 30.2 Å². The zero-order valence-electron chi connectivity index (χ0n) is 11.5. The van der Waals surface area contributed by atoms with Gasteiger partial charge in [-0.1, -0.05) is 26.1 Å². The molecule has 0 bridgehead atoms. The van der Waals surface area contributed by atoms with Crippen LogP contribution in [0.25, 0.3) is 5.69 Å². The quantitative estimate of drug-likeness (QED) is 0.880. The minimum atomic E-state index is -4.52. The second kappa shape index (κ2) is 5.48. The Kier molecular flexibility index (Phi) is 4.04. The Morgan fingerprint density at radius 2 is 1.95 bits per heavy atom. The van der Waals surface area contributed by atoms with Gasteiger partial charge in [0.25, 0.3) is 0 Å². The molecule has 0 aliphatic rings. The summed E-state index contributed by atoms with van der Waals surface area (Å²) >= 11 is 4.67. The fourth-order valence-electron chi connectivity index (χ4n) is 1.91. The van der Waals surface area contributed by atoms with Crippen LogP contribution in [0.4, 0.5) is 13.2 Å². The van der Waals surface area contributed by atoms with Gasteiger partial charge in [0.05, 0.1) is 16.9 Å². The van der Waals surface area contributed by atoms with Gasteiger partial charge in [-0.3, -0.25) is 0 Å². The molecule has 3 nitrogen and oxygen atoms in total. The van der Waals surface area contributed by atoms with Crippen molar-refractivity contribution in [3.63, 3.8) is 0 Å². The Morgan fingerprint density at radius 1 is 1.29 bits per heavy atom. The zero-order chi connectivity index (χ0) is 15.8. The Balaban J connectivity index is 2.53. The van der Waals surface area contributed by atoms with Crippen molar-refractivity contribution in [3.05, 3.63) is 47.3 Å². The molecule has 0 saturated heterocycles. The first kappa shape index (κ1) is 15.5. The number of thiocarbonyl (C=S) groups is 1. The monoisotopic (exact) mass is 313 g/mol. The summed E-state index contributed by atoms with van der Waals surface area (Å²) in [5, 5.41) is 4.26. The van der Waals surface area contributed by atoms with Crippen LogP contribution in [0.1, 0.15) is 36.6 Å². The number of rotatable bonds is 3. The van der Waals surface area contributed by atoms with Crippen molar-refractivity contribution in [1.29, 1.82) is 0 Å². The summed E-state index contributed by atoms with van der Waals surface area (Å²) in [6, 6.07) is 5.57. The Morgan fingerprint density at radius 3 is 2.43 bits per heavy atom. The molecular weight excluding hydrogens is 299 g/mol. The van der Waals surface area contributed by atoms with E-state index in [9.17, 15) is 13.2 Å². The summed E-state index contributed by atoms with van der Waals surface area (Å²) in [6.45, 7) is 3.92. The lowest BCUT2D eigenvalue weighted by molar-refractivity contribution is -0.137. The molecule has 1 aromatic carbocycles. The molecule has 2 N–H and O–H groups in total. The molecule has 112 valence electrons. The lowest BCUT2D eigenvalue weighted by Gasteiger charge is -2.13. The SMILES string of the molecule is CC(C)c1ccn(-c2ccc(C(N)=S)c(C(F)(F)F)c2)n1. The van der Waals surface area contributed by atoms with E-state index in [2.05, 4.69) is 17.3 Å². The van der Waals surface area contributed by atoms with Crippen LogP contribution in [0.15, 0.2) is 30.5 Å². The molecule has 0 aliphatic heterocycles. The highest BCUT2D eigenvalue weighted by molar-refractivity contribution is 7.80. The van der Waals surface area contributed by atoms with E-state index in [1.807, 2.05) is 13.8 Å². The van der Waals surface area contributed by atoms with E-state index in [0.29, 0.717) is 5.69 Å². The smallest absolute Gasteiger partial charge is 0.389 e. The van der Waals surface area contributed by atoms with E-state index in [1.54, 1.807) is 12.3 Å². The third-order valence-corrected chi connectivity index (χ3v) is 3.26. The number of nitrogens with zero attached hydrogens (tertiary/aromatic N) is 2. The number of halogens is 3. The molecule has 2 aromatic rings. The number of benzene rings is 1. The summed E-state index contributed by atoms with van der Waals surface area (Å²) in [5.41, 5.74) is 5.44. The van der Waals surface area contributed by atoms with Crippen molar-refractivity contribution in [2.24, 2.45) is 5.73 Å². The van der Waals surface area contributed by atoms with Gasteiger partial charge in [-0.25, -0.2) is 4.68 Å². The van der Waals surface area contributed by atoms with E-state index in [4.69, 9.17) is 5.73 Å². The van der Waals surface area contributed by atoms with Gasteiger partial charge in [0, 0.05) is 11.8 Å². The molecular formula is C14H14F3N3S. The van der Waals surface area contributed by atoms with Crippen molar-refractivity contribution < 1.29 is 13.2 Å². The van der Waals surface area contributed by atoms with Crippen LogP contribution in [0, 0.1) is 0 Å². The molecule has 0 saturated carbocycles. The summed E-state index contributed by atoms with van der Waals surface area (Å²) < 4.78 is 40.7. The first-order valence-electron chi connectivity index (χ1n) is 6.27. The van der Waals surface area contributed by atoms with Crippen LogP contribution in [-0.2, 0) is 6.18 Å². The van der Waals surface area contributed by atoms with E-state index in [0.717, 1.165) is 11.8 Å². The lowest BCUT2D eigenvalue weighted by Crippen LogP contribution is -2.18. The normalized spacial score (nSPS) is 11.9. The van der Waals surface area contributed by atoms with Crippen LogP contribution in [-0.4, -0.2) is 14.8 Å². The fraction of sp³-hybridized carbons (Fsp3) is 0.286. The maximum atomic E-state index is 13.1. The summed E-state index contributed by atoms with van der Waals surface area (Å²) in [5.74, 6) is 0.198. The van der Waals surface area contributed by atoms with Gasteiger partial charge < -0.3 is 5.73 Å². The third-order valence-electron chi connectivity index (χ3n) is 3.04. The van der Waals surface area contributed by atoms with Crippen LogP contribution < -0.4 is 5.73 Å². The molecule has 2 rings (SSSR count). The average Bonchev–Trinajstić information content (AvgIpc) is 2.86. The standard InChI is InChI=1S/C14H14F3N3S/c1-8(2)12-5-6-20(19-12)9-3-4-10(13(18)21)11(7-9)14(15,16)17/h3-8H,1-2H3,(H2,18,21). The third kappa shape index (κ3) is 3.24. The van der Waals surface area contributed by atoms with E-state index >= 15 is 0 Å². The maximum absolute atomic E-state index is 13.1. The largest absolute Gasteiger partial charge is 0.417 e. The highest BCUT2D eigenvalue weighted by Gasteiger charge is 2.34. The second-order valence-electron chi connectivity index (χ2n) is 4.93. The highest BCUT2D eigenvalue weighted by Crippen LogP contribution is 2.33. The molecule has 1 heterocycles. The molecule has 0 radical (unpaired) electrons. The van der Waals surface area contributed by atoms with Crippen molar-refractivity contribution in [2.75, 3.05) is 0 Å². The lowest BCUT2D eigenvalue weighted by atomic mass is 10.1. The molecule has 0 amide bonds. The summed E-state index contributed by atoms with van der Waals surface area (Å²) in [7, 11) is 0.